The molecule has 33 heavy (non-hydrogen) atoms. The normalized spacial score (nSPS) is 22.9. The van der Waals surface area contributed by atoms with Crippen LogP contribution in [-0.2, 0) is 4.79 Å². The molecule has 1 atom stereocenters. The molecule has 2 amide bonds. The second-order valence-corrected chi connectivity index (χ2v) is 9.76. The summed E-state index contributed by atoms with van der Waals surface area (Å²) in [6, 6.07) is 9.13. The van der Waals surface area contributed by atoms with E-state index in [1.165, 1.54) is 19.3 Å². The molecular formula is C26H35N5O2. The first-order valence-electron chi connectivity index (χ1n) is 12.5. The number of piperidine rings is 1. The van der Waals surface area contributed by atoms with Gasteiger partial charge in [0.2, 0.25) is 5.91 Å². The Morgan fingerprint density at radius 2 is 1.94 bits per heavy atom. The van der Waals surface area contributed by atoms with Gasteiger partial charge < -0.3 is 15.5 Å². The lowest BCUT2D eigenvalue weighted by atomic mass is 9.84. The monoisotopic (exact) mass is 449 g/mol. The van der Waals surface area contributed by atoms with Crippen molar-refractivity contribution in [2.24, 2.45) is 10.9 Å². The van der Waals surface area contributed by atoms with Crippen LogP contribution in [0.1, 0.15) is 80.6 Å². The Kier molecular flexibility index (Phi) is 7.44. The number of benzene rings is 1. The molecule has 2 heterocycles. The fourth-order valence-electron chi connectivity index (χ4n) is 5.40. The van der Waals surface area contributed by atoms with Gasteiger partial charge in [-0.1, -0.05) is 57.2 Å². The summed E-state index contributed by atoms with van der Waals surface area (Å²) in [5.41, 5.74) is 0.486. The number of nitrogens with one attached hydrogen (secondary N) is 2. The Morgan fingerprint density at radius 3 is 2.61 bits per heavy atom. The lowest BCUT2D eigenvalue weighted by Gasteiger charge is -2.38. The quantitative estimate of drug-likeness (QED) is 0.667. The van der Waals surface area contributed by atoms with Crippen molar-refractivity contribution in [2.45, 2.75) is 76.3 Å². The molecule has 0 bridgehead atoms. The molecule has 1 aliphatic carbocycles. The number of hydrogen-bond acceptors (Lipinski definition) is 5. The Hall–Kier alpha value is -2.72. The second-order valence-electron chi connectivity index (χ2n) is 9.76. The van der Waals surface area contributed by atoms with E-state index in [0.29, 0.717) is 36.6 Å². The SMILES string of the molecule is CCCN1CCC(C#N)(NC(=O)C(CC2CCCCC2)N=C2NC(=O)c3ccccc32)CC1. The molecule has 4 rings (SSSR count). The van der Waals surface area contributed by atoms with Crippen LogP contribution in [0.25, 0.3) is 0 Å². The van der Waals surface area contributed by atoms with E-state index in [-0.39, 0.29) is 11.8 Å². The molecule has 3 aliphatic rings. The van der Waals surface area contributed by atoms with Gasteiger partial charge in [0.1, 0.15) is 17.4 Å². The van der Waals surface area contributed by atoms with Crippen molar-refractivity contribution in [1.82, 2.24) is 15.5 Å². The Balaban J connectivity index is 1.54. The summed E-state index contributed by atoms with van der Waals surface area (Å²) >= 11 is 0. The van der Waals surface area contributed by atoms with E-state index in [1.54, 1.807) is 6.07 Å². The predicted molar refractivity (Wildman–Crippen MR) is 128 cm³/mol. The van der Waals surface area contributed by atoms with Gasteiger partial charge >= 0.3 is 0 Å². The molecule has 1 aromatic carbocycles. The van der Waals surface area contributed by atoms with Gasteiger partial charge in [-0.05, 0) is 44.2 Å². The highest BCUT2D eigenvalue weighted by Crippen LogP contribution is 2.30. The maximum Gasteiger partial charge on any atom is 0.257 e. The summed E-state index contributed by atoms with van der Waals surface area (Å²) in [6.45, 7) is 4.80. The first kappa shape index (κ1) is 23.4. The average Bonchev–Trinajstić information content (AvgIpc) is 3.16. The minimum absolute atomic E-state index is 0.182. The fraction of sp³-hybridized carbons (Fsp3) is 0.615. The highest BCUT2D eigenvalue weighted by molar-refractivity contribution is 6.23. The number of nitrogens with zero attached hydrogens (tertiary/aromatic N) is 3. The molecule has 2 N–H and O–H groups in total. The van der Waals surface area contributed by atoms with Crippen LogP contribution in [0.2, 0.25) is 0 Å². The lowest BCUT2D eigenvalue weighted by molar-refractivity contribution is -0.124. The number of carbonyl (C=O) groups excluding carboxylic acids is 2. The van der Waals surface area contributed by atoms with Crippen LogP contribution in [-0.4, -0.2) is 53.8 Å². The largest absolute Gasteiger partial charge is 0.336 e. The number of likely N-dealkylation sites (tertiary alicyclic amines) is 1. The number of aliphatic imine (C=N–C) groups is 1. The number of carbonyl (C=O) groups is 2. The highest BCUT2D eigenvalue weighted by atomic mass is 16.2. The first-order valence-corrected chi connectivity index (χ1v) is 12.5. The number of amides is 2. The van der Waals surface area contributed by atoms with Crippen LogP contribution < -0.4 is 10.6 Å². The van der Waals surface area contributed by atoms with Gasteiger partial charge in [0, 0.05) is 18.7 Å². The third kappa shape index (κ3) is 5.44. The Morgan fingerprint density at radius 1 is 1.24 bits per heavy atom. The number of fused-ring (bicyclic) bond motifs is 1. The molecule has 0 spiro atoms. The summed E-state index contributed by atoms with van der Waals surface area (Å²) < 4.78 is 0. The number of amidine groups is 1. The van der Waals surface area contributed by atoms with E-state index in [4.69, 9.17) is 4.99 Å². The Bertz CT molecular complexity index is 936. The number of nitriles is 1. The standard InChI is InChI=1S/C26H35N5O2/c1-2-14-31-15-12-26(18-27,13-16-31)30-25(33)22(17-19-8-4-3-5-9-19)28-23-20-10-6-7-11-21(20)24(32)29-23/h6-7,10-11,19,22H,2-5,8-9,12-17H2,1H3,(H,30,33)(H,28,29,32). The Labute approximate surface area is 196 Å². The van der Waals surface area contributed by atoms with Crippen molar-refractivity contribution in [1.29, 1.82) is 5.26 Å². The second kappa shape index (κ2) is 10.5. The maximum atomic E-state index is 13.5. The molecular weight excluding hydrogens is 414 g/mol. The zero-order valence-electron chi connectivity index (χ0n) is 19.6. The topological polar surface area (TPSA) is 97.6 Å². The van der Waals surface area contributed by atoms with Gasteiger partial charge in [-0.2, -0.15) is 5.26 Å². The molecule has 1 saturated carbocycles. The minimum atomic E-state index is -0.844. The molecule has 2 aliphatic heterocycles. The fourth-order valence-corrected chi connectivity index (χ4v) is 5.40. The van der Waals surface area contributed by atoms with Crippen molar-refractivity contribution >= 4 is 17.6 Å². The molecule has 0 radical (unpaired) electrons. The van der Waals surface area contributed by atoms with Crippen molar-refractivity contribution in [3.8, 4) is 6.07 Å². The van der Waals surface area contributed by atoms with Gasteiger partial charge in [0.25, 0.3) is 5.91 Å². The van der Waals surface area contributed by atoms with Gasteiger partial charge in [0.15, 0.2) is 0 Å². The summed E-state index contributed by atoms with van der Waals surface area (Å²) in [5, 5.41) is 15.9. The summed E-state index contributed by atoms with van der Waals surface area (Å²) in [6.07, 6.45) is 8.81. The summed E-state index contributed by atoms with van der Waals surface area (Å²) in [4.78, 5) is 33.1. The molecule has 1 aromatic rings. The number of rotatable bonds is 7. The van der Waals surface area contributed by atoms with E-state index in [2.05, 4.69) is 28.5 Å². The zero-order chi connectivity index (χ0) is 23.3. The molecule has 1 saturated heterocycles. The van der Waals surface area contributed by atoms with Crippen molar-refractivity contribution in [3.63, 3.8) is 0 Å². The smallest absolute Gasteiger partial charge is 0.257 e. The van der Waals surface area contributed by atoms with Gasteiger partial charge in [0.05, 0.1) is 11.6 Å². The van der Waals surface area contributed by atoms with Crippen LogP contribution in [0.4, 0.5) is 0 Å². The average molecular weight is 450 g/mol. The van der Waals surface area contributed by atoms with E-state index >= 15 is 0 Å². The third-order valence-electron chi connectivity index (χ3n) is 7.35. The minimum Gasteiger partial charge on any atom is -0.336 e. The van der Waals surface area contributed by atoms with Crippen molar-refractivity contribution in [2.75, 3.05) is 19.6 Å². The van der Waals surface area contributed by atoms with Gasteiger partial charge in [-0.3, -0.25) is 14.6 Å². The van der Waals surface area contributed by atoms with Crippen LogP contribution in [0, 0.1) is 17.2 Å². The van der Waals surface area contributed by atoms with Crippen molar-refractivity contribution in [3.05, 3.63) is 35.4 Å². The molecule has 0 aromatic heterocycles. The zero-order valence-corrected chi connectivity index (χ0v) is 19.6. The summed E-state index contributed by atoms with van der Waals surface area (Å²) in [5.74, 6) is 0.529. The van der Waals surface area contributed by atoms with E-state index < -0.39 is 11.6 Å². The van der Waals surface area contributed by atoms with Gasteiger partial charge in [-0.25, -0.2) is 0 Å². The third-order valence-corrected chi connectivity index (χ3v) is 7.35. The van der Waals surface area contributed by atoms with Crippen LogP contribution in [0.3, 0.4) is 0 Å². The maximum absolute atomic E-state index is 13.5. The van der Waals surface area contributed by atoms with Crippen LogP contribution in [0.5, 0.6) is 0 Å². The molecule has 176 valence electrons. The number of hydrogen-bond donors (Lipinski definition) is 2. The van der Waals surface area contributed by atoms with Crippen molar-refractivity contribution < 1.29 is 9.59 Å². The first-order chi connectivity index (χ1) is 16.0. The van der Waals surface area contributed by atoms with E-state index in [1.807, 2.05) is 18.2 Å². The van der Waals surface area contributed by atoms with E-state index in [0.717, 1.165) is 44.5 Å². The van der Waals surface area contributed by atoms with Gasteiger partial charge in [-0.15, -0.1) is 0 Å². The molecule has 7 nitrogen and oxygen atoms in total. The predicted octanol–water partition coefficient (Wildman–Crippen LogP) is 3.40. The lowest BCUT2D eigenvalue weighted by Crippen LogP contribution is -2.56. The molecule has 2 fully saturated rings. The van der Waals surface area contributed by atoms with Crippen LogP contribution >= 0.6 is 0 Å². The highest BCUT2D eigenvalue weighted by Gasteiger charge is 2.38. The van der Waals surface area contributed by atoms with E-state index in [9.17, 15) is 14.9 Å². The molecule has 1 unspecified atom stereocenters. The summed E-state index contributed by atoms with van der Waals surface area (Å²) in [7, 11) is 0. The molecule has 7 heteroatoms. The van der Waals surface area contributed by atoms with Crippen LogP contribution in [0.15, 0.2) is 29.3 Å².